The maximum absolute atomic E-state index is 11.8. The first-order valence-electron chi connectivity index (χ1n) is 7.20. The molecule has 0 spiro atoms. The third-order valence-electron chi connectivity index (χ3n) is 3.01. The lowest BCUT2D eigenvalue weighted by atomic mass is 10.0. The van der Waals surface area contributed by atoms with Gasteiger partial charge in [-0.1, -0.05) is 39.5 Å². The predicted octanol–water partition coefficient (Wildman–Crippen LogP) is 2.10. The molecule has 4 N–H and O–H groups in total. The number of amides is 1. The molecule has 1 aromatic heterocycles. The average Bonchev–Trinajstić information content (AvgIpc) is 2.45. The minimum Gasteiger partial charge on any atom is -0.351 e. The largest absolute Gasteiger partial charge is 0.351 e. The quantitative estimate of drug-likeness (QED) is 0.366. The summed E-state index contributed by atoms with van der Waals surface area (Å²) in [5.41, 5.74) is 2.65. The highest BCUT2D eigenvalue weighted by atomic mass is 16.1. The molecular weight excluding hydrogens is 254 g/mol. The molecule has 0 aliphatic rings. The summed E-state index contributed by atoms with van der Waals surface area (Å²) < 4.78 is 0. The van der Waals surface area contributed by atoms with Crippen LogP contribution in [0.4, 0.5) is 5.82 Å². The molecule has 0 unspecified atom stereocenters. The first kappa shape index (κ1) is 16.4. The molecule has 1 rings (SSSR count). The molecule has 0 radical (unpaired) electrons. The molecule has 0 atom stereocenters. The topological polar surface area (TPSA) is 92.9 Å². The van der Waals surface area contributed by atoms with Crippen LogP contribution in [0.15, 0.2) is 12.4 Å². The van der Waals surface area contributed by atoms with Crippen LogP contribution in [0.1, 0.15) is 56.4 Å². The molecule has 0 aromatic carbocycles. The third kappa shape index (κ3) is 6.47. The number of nitrogens with zero attached hydrogens (tertiary/aromatic N) is 2. The van der Waals surface area contributed by atoms with Crippen LogP contribution in [0.5, 0.6) is 0 Å². The number of carbonyl (C=O) groups excluding carboxylic acids is 1. The van der Waals surface area contributed by atoms with Crippen molar-refractivity contribution in [2.45, 2.75) is 46.0 Å². The number of anilines is 1. The molecule has 0 fully saturated rings. The molecule has 112 valence electrons. The van der Waals surface area contributed by atoms with Crippen molar-refractivity contribution in [1.29, 1.82) is 0 Å². The van der Waals surface area contributed by atoms with E-state index in [0.29, 0.717) is 12.4 Å². The van der Waals surface area contributed by atoms with Crippen LogP contribution >= 0.6 is 0 Å². The van der Waals surface area contributed by atoms with Crippen LogP contribution in [-0.4, -0.2) is 22.4 Å². The second kappa shape index (κ2) is 9.25. The molecule has 0 saturated heterocycles. The van der Waals surface area contributed by atoms with E-state index in [-0.39, 0.29) is 11.6 Å². The van der Waals surface area contributed by atoms with Gasteiger partial charge in [-0.2, -0.15) is 0 Å². The van der Waals surface area contributed by atoms with Crippen molar-refractivity contribution < 1.29 is 4.79 Å². The van der Waals surface area contributed by atoms with Gasteiger partial charge < -0.3 is 10.7 Å². The number of hydrogen-bond donors (Lipinski definition) is 3. The number of hydrogen-bond acceptors (Lipinski definition) is 5. The van der Waals surface area contributed by atoms with Gasteiger partial charge in [-0.3, -0.25) is 9.78 Å². The molecule has 1 aromatic rings. The summed E-state index contributed by atoms with van der Waals surface area (Å²) in [5.74, 6) is 6.17. The van der Waals surface area contributed by atoms with Crippen molar-refractivity contribution in [2.75, 3.05) is 12.0 Å². The zero-order chi connectivity index (χ0) is 14.8. The standard InChI is InChI=1S/C14H25N5O/c1-11(2)7-5-3-4-6-8-17-14(20)12-9-16-10-13(18-12)19-15/h9-11H,3-8,15H2,1-2H3,(H,17,20)(H,18,19). The molecule has 1 heterocycles. The summed E-state index contributed by atoms with van der Waals surface area (Å²) in [6, 6.07) is 0. The lowest BCUT2D eigenvalue weighted by molar-refractivity contribution is 0.0947. The zero-order valence-corrected chi connectivity index (χ0v) is 12.4. The van der Waals surface area contributed by atoms with Crippen LogP contribution in [0.25, 0.3) is 0 Å². The molecule has 6 nitrogen and oxygen atoms in total. The minimum atomic E-state index is -0.211. The van der Waals surface area contributed by atoms with Crippen LogP contribution in [0.2, 0.25) is 0 Å². The lowest BCUT2D eigenvalue weighted by Crippen LogP contribution is -2.26. The van der Waals surface area contributed by atoms with Gasteiger partial charge in [0.25, 0.3) is 5.91 Å². The Balaban J connectivity index is 2.16. The normalized spacial score (nSPS) is 10.6. The summed E-state index contributed by atoms with van der Waals surface area (Å²) in [5, 5.41) is 2.84. The Kier molecular flexibility index (Phi) is 7.57. The van der Waals surface area contributed by atoms with E-state index in [9.17, 15) is 4.79 Å². The van der Waals surface area contributed by atoms with Crippen LogP contribution in [-0.2, 0) is 0 Å². The lowest BCUT2D eigenvalue weighted by Gasteiger charge is -2.06. The minimum absolute atomic E-state index is 0.211. The number of hydrazine groups is 1. The Bertz CT molecular complexity index is 408. The molecule has 20 heavy (non-hydrogen) atoms. The van der Waals surface area contributed by atoms with E-state index >= 15 is 0 Å². The van der Waals surface area contributed by atoms with Crippen LogP contribution in [0.3, 0.4) is 0 Å². The summed E-state index contributed by atoms with van der Waals surface area (Å²) in [6.45, 7) is 5.15. The first-order valence-corrected chi connectivity index (χ1v) is 7.20. The van der Waals surface area contributed by atoms with Crippen molar-refractivity contribution in [3.05, 3.63) is 18.1 Å². The van der Waals surface area contributed by atoms with E-state index < -0.39 is 0 Å². The monoisotopic (exact) mass is 279 g/mol. The Morgan fingerprint density at radius 2 is 2.00 bits per heavy atom. The Labute approximate surface area is 120 Å². The van der Waals surface area contributed by atoms with Crippen molar-refractivity contribution >= 4 is 11.7 Å². The van der Waals surface area contributed by atoms with Gasteiger partial charge in [-0.25, -0.2) is 10.8 Å². The fraction of sp³-hybridized carbons (Fsp3) is 0.643. The smallest absolute Gasteiger partial charge is 0.271 e. The van der Waals surface area contributed by atoms with Gasteiger partial charge >= 0.3 is 0 Å². The number of nitrogens with two attached hydrogens (primary N) is 1. The number of aromatic nitrogens is 2. The second-order valence-electron chi connectivity index (χ2n) is 5.29. The number of rotatable bonds is 9. The Morgan fingerprint density at radius 1 is 1.25 bits per heavy atom. The molecule has 6 heteroatoms. The number of carbonyl (C=O) groups is 1. The van der Waals surface area contributed by atoms with Crippen molar-refractivity contribution in [1.82, 2.24) is 15.3 Å². The van der Waals surface area contributed by atoms with Gasteiger partial charge in [-0.15, -0.1) is 0 Å². The maximum atomic E-state index is 11.8. The Hall–Kier alpha value is -1.69. The van der Waals surface area contributed by atoms with Crippen LogP contribution in [0, 0.1) is 5.92 Å². The first-order chi connectivity index (χ1) is 9.63. The predicted molar refractivity (Wildman–Crippen MR) is 80.1 cm³/mol. The highest BCUT2D eigenvalue weighted by Gasteiger charge is 2.07. The summed E-state index contributed by atoms with van der Waals surface area (Å²) >= 11 is 0. The molecule has 1 amide bonds. The average molecular weight is 279 g/mol. The van der Waals surface area contributed by atoms with Gasteiger partial charge in [0, 0.05) is 6.54 Å². The second-order valence-corrected chi connectivity index (χ2v) is 5.29. The fourth-order valence-corrected chi connectivity index (χ4v) is 1.87. The van der Waals surface area contributed by atoms with Crippen molar-refractivity contribution in [3.63, 3.8) is 0 Å². The van der Waals surface area contributed by atoms with Gasteiger partial charge in [0.05, 0.1) is 12.4 Å². The molecule has 0 aliphatic heterocycles. The highest BCUT2D eigenvalue weighted by molar-refractivity contribution is 5.92. The Morgan fingerprint density at radius 3 is 2.70 bits per heavy atom. The number of nitrogens with one attached hydrogen (secondary N) is 2. The summed E-state index contributed by atoms with van der Waals surface area (Å²) in [6.07, 6.45) is 8.79. The van der Waals surface area contributed by atoms with Crippen molar-refractivity contribution in [2.24, 2.45) is 11.8 Å². The van der Waals surface area contributed by atoms with E-state index in [0.717, 1.165) is 18.8 Å². The van der Waals surface area contributed by atoms with E-state index in [1.807, 2.05) is 0 Å². The fourth-order valence-electron chi connectivity index (χ4n) is 1.87. The van der Waals surface area contributed by atoms with Gasteiger partial charge in [-0.05, 0) is 12.3 Å². The van der Waals surface area contributed by atoms with E-state index in [4.69, 9.17) is 5.84 Å². The van der Waals surface area contributed by atoms with E-state index in [1.54, 1.807) is 0 Å². The van der Waals surface area contributed by atoms with Gasteiger partial charge in [0.2, 0.25) is 0 Å². The summed E-state index contributed by atoms with van der Waals surface area (Å²) in [4.78, 5) is 19.7. The summed E-state index contributed by atoms with van der Waals surface area (Å²) in [7, 11) is 0. The van der Waals surface area contributed by atoms with E-state index in [1.165, 1.54) is 31.7 Å². The highest BCUT2D eigenvalue weighted by Crippen LogP contribution is 2.09. The molecule has 0 aliphatic carbocycles. The molecule has 0 bridgehead atoms. The van der Waals surface area contributed by atoms with Crippen molar-refractivity contribution in [3.8, 4) is 0 Å². The molecular formula is C14H25N5O. The zero-order valence-electron chi connectivity index (χ0n) is 12.4. The van der Waals surface area contributed by atoms with Crippen LogP contribution < -0.4 is 16.6 Å². The third-order valence-corrected chi connectivity index (χ3v) is 3.01. The van der Waals surface area contributed by atoms with Gasteiger partial charge in [0.1, 0.15) is 5.69 Å². The number of unbranched alkanes of at least 4 members (excludes halogenated alkanes) is 3. The van der Waals surface area contributed by atoms with Gasteiger partial charge in [0.15, 0.2) is 5.82 Å². The SMILES string of the molecule is CC(C)CCCCCCNC(=O)c1cncc(NN)n1. The maximum Gasteiger partial charge on any atom is 0.271 e. The van der Waals surface area contributed by atoms with E-state index in [2.05, 4.69) is 34.6 Å². The molecule has 0 saturated carbocycles. The number of nitrogen functional groups attached to an aromatic ring is 1.